The Balaban J connectivity index is 2.10. The molecule has 1 amide bonds. The molecule has 0 saturated heterocycles. The van der Waals surface area contributed by atoms with Crippen LogP contribution in [0.3, 0.4) is 0 Å². The Bertz CT molecular complexity index is 510. The predicted octanol–water partition coefficient (Wildman–Crippen LogP) is 1.78. The van der Waals surface area contributed by atoms with Crippen molar-refractivity contribution < 1.29 is 4.79 Å². The van der Waals surface area contributed by atoms with E-state index in [1.54, 1.807) is 11.1 Å². The van der Waals surface area contributed by atoms with Gasteiger partial charge in [-0.2, -0.15) is 0 Å². The number of hydrogen-bond donors (Lipinski definition) is 1. The number of nitrogens with two attached hydrogens (primary N) is 1. The number of aromatic nitrogens is 1. The Labute approximate surface area is 113 Å². The smallest absolute Gasteiger partial charge is 0.249 e. The highest BCUT2D eigenvalue weighted by molar-refractivity contribution is 6.05. The predicted molar refractivity (Wildman–Crippen MR) is 76.3 cm³/mol. The summed E-state index contributed by atoms with van der Waals surface area (Å²) in [7, 11) is 1.81. The summed E-state index contributed by atoms with van der Waals surface area (Å²) in [5.41, 5.74) is 7.74. The molecule has 1 aromatic heterocycles. The second-order valence-corrected chi connectivity index (χ2v) is 5.52. The van der Waals surface area contributed by atoms with Crippen molar-refractivity contribution in [3.63, 3.8) is 0 Å². The number of hydrogen-bond acceptors (Lipinski definition) is 4. The Hall–Kier alpha value is -1.78. The third-order valence-electron chi connectivity index (χ3n) is 4.35. The highest BCUT2D eigenvalue weighted by atomic mass is 16.2. The number of carbonyl (C=O) groups is 1. The van der Waals surface area contributed by atoms with Crippen LogP contribution in [0.1, 0.15) is 32.6 Å². The fourth-order valence-electron chi connectivity index (χ4n) is 3.34. The van der Waals surface area contributed by atoms with Crippen molar-refractivity contribution in [3.8, 4) is 0 Å². The molecule has 2 N–H and O–H groups in total. The average Bonchev–Trinajstić information content (AvgIpc) is 2.90. The third kappa shape index (κ3) is 1.84. The molecule has 5 heteroatoms. The molecule has 1 atom stereocenters. The van der Waals surface area contributed by atoms with E-state index in [2.05, 4.69) is 9.88 Å². The SMILES string of the molecule is C[C@@H]1C(=O)N(C)c2cnc(N)cc2N1C1CCCC1. The zero-order valence-electron chi connectivity index (χ0n) is 11.5. The summed E-state index contributed by atoms with van der Waals surface area (Å²) >= 11 is 0. The van der Waals surface area contributed by atoms with Crippen LogP contribution >= 0.6 is 0 Å². The lowest BCUT2D eigenvalue weighted by atomic mass is 10.0. The van der Waals surface area contributed by atoms with Crippen LogP contribution in [-0.2, 0) is 4.79 Å². The molecule has 102 valence electrons. The summed E-state index contributed by atoms with van der Waals surface area (Å²) in [5, 5.41) is 0. The highest BCUT2D eigenvalue weighted by Crippen LogP contribution is 2.40. The van der Waals surface area contributed by atoms with E-state index in [1.807, 2.05) is 20.0 Å². The molecule has 3 rings (SSSR count). The van der Waals surface area contributed by atoms with Crippen LogP contribution in [0, 0.1) is 0 Å². The van der Waals surface area contributed by atoms with Crippen LogP contribution < -0.4 is 15.5 Å². The van der Waals surface area contributed by atoms with Gasteiger partial charge in [-0.15, -0.1) is 0 Å². The summed E-state index contributed by atoms with van der Waals surface area (Å²) in [6.45, 7) is 1.98. The normalized spacial score (nSPS) is 23.9. The lowest BCUT2D eigenvalue weighted by Gasteiger charge is -2.43. The van der Waals surface area contributed by atoms with E-state index < -0.39 is 0 Å². The highest BCUT2D eigenvalue weighted by Gasteiger charge is 2.38. The Morgan fingerprint density at radius 1 is 1.32 bits per heavy atom. The van der Waals surface area contributed by atoms with Crippen molar-refractivity contribution in [2.75, 3.05) is 22.6 Å². The van der Waals surface area contributed by atoms with Crippen molar-refractivity contribution in [2.45, 2.75) is 44.7 Å². The molecule has 5 nitrogen and oxygen atoms in total. The van der Waals surface area contributed by atoms with E-state index in [4.69, 9.17) is 5.73 Å². The van der Waals surface area contributed by atoms with Crippen molar-refractivity contribution in [3.05, 3.63) is 12.3 Å². The minimum atomic E-state index is -0.123. The molecule has 0 bridgehead atoms. The molecule has 0 radical (unpaired) electrons. The van der Waals surface area contributed by atoms with Crippen LogP contribution in [-0.4, -0.2) is 30.0 Å². The van der Waals surface area contributed by atoms with Crippen LogP contribution in [0.5, 0.6) is 0 Å². The quantitative estimate of drug-likeness (QED) is 0.836. The molecule has 1 aliphatic carbocycles. The lowest BCUT2D eigenvalue weighted by Crippen LogP contribution is -2.54. The second kappa shape index (κ2) is 4.40. The van der Waals surface area contributed by atoms with Crippen molar-refractivity contribution in [2.24, 2.45) is 0 Å². The van der Waals surface area contributed by atoms with Gasteiger partial charge in [0.15, 0.2) is 0 Å². The van der Waals surface area contributed by atoms with Crippen LogP contribution in [0.4, 0.5) is 17.2 Å². The van der Waals surface area contributed by atoms with Crippen LogP contribution in [0.15, 0.2) is 12.3 Å². The number of nitrogen functional groups attached to an aromatic ring is 1. The van der Waals surface area contributed by atoms with Gasteiger partial charge in [0.05, 0.1) is 17.6 Å². The van der Waals surface area contributed by atoms with E-state index in [9.17, 15) is 4.79 Å². The van der Waals surface area contributed by atoms with Gasteiger partial charge < -0.3 is 15.5 Å². The first kappa shape index (κ1) is 12.3. The number of pyridine rings is 1. The van der Waals surface area contributed by atoms with Gasteiger partial charge in [0.2, 0.25) is 5.91 Å². The number of rotatable bonds is 1. The van der Waals surface area contributed by atoms with Crippen molar-refractivity contribution >= 4 is 23.1 Å². The van der Waals surface area contributed by atoms with Gasteiger partial charge in [0, 0.05) is 19.2 Å². The second-order valence-electron chi connectivity index (χ2n) is 5.52. The minimum Gasteiger partial charge on any atom is -0.384 e. The monoisotopic (exact) mass is 260 g/mol. The van der Waals surface area contributed by atoms with Crippen molar-refractivity contribution in [1.29, 1.82) is 0 Å². The maximum absolute atomic E-state index is 12.4. The maximum Gasteiger partial charge on any atom is 0.249 e. The molecule has 19 heavy (non-hydrogen) atoms. The van der Waals surface area contributed by atoms with Gasteiger partial charge in [-0.3, -0.25) is 4.79 Å². The van der Waals surface area contributed by atoms with E-state index in [0.29, 0.717) is 11.9 Å². The standard InChI is InChI=1S/C14H20N4O/c1-9-14(19)17(2)12-8-16-13(15)7-11(12)18(9)10-5-3-4-6-10/h7-10H,3-6H2,1-2H3,(H2,15,16)/t9-/m1/s1. The third-order valence-corrected chi connectivity index (χ3v) is 4.35. The number of carbonyl (C=O) groups excluding carboxylic acids is 1. The lowest BCUT2D eigenvalue weighted by molar-refractivity contribution is -0.119. The molecule has 1 aliphatic heterocycles. The Morgan fingerprint density at radius 2 is 2.00 bits per heavy atom. The minimum absolute atomic E-state index is 0.123. The largest absolute Gasteiger partial charge is 0.384 e. The molecular weight excluding hydrogens is 240 g/mol. The molecule has 2 heterocycles. The first-order valence-corrected chi connectivity index (χ1v) is 6.91. The molecule has 0 unspecified atom stereocenters. The van der Waals surface area contributed by atoms with E-state index in [0.717, 1.165) is 24.2 Å². The number of fused-ring (bicyclic) bond motifs is 1. The molecule has 1 aromatic rings. The first-order chi connectivity index (χ1) is 9.09. The summed E-state index contributed by atoms with van der Waals surface area (Å²) in [6, 6.07) is 2.23. The summed E-state index contributed by atoms with van der Waals surface area (Å²) < 4.78 is 0. The average molecular weight is 260 g/mol. The van der Waals surface area contributed by atoms with Crippen molar-refractivity contribution in [1.82, 2.24) is 4.98 Å². The van der Waals surface area contributed by atoms with Gasteiger partial charge in [0.1, 0.15) is 11.9 Å². The maximum atomic E-state index is 12.4. The van der Waals surface area contributed by atoms with Gasteiger partial charge >= 0.3 is 0 Å². The molecule has 1 fully saturated rings. The fraction of sp³-hybridized carbons (Fsp3) is 0.571. The molecule has 2 aliphatic rings. The number of likely N-dealkylation sites (N-methyl/N-ethyl adjacent to an activating group) is 1. The number of amides is 1. The molecular formula is C14H20N4O. The van der Waals surface area contributed by atoms with Gasteiger partial charge in [0.25, 0.3) is 0 Å². The Kier molecular flexibility index (Phi) is 2.84. The fourth-order valence-corrected chi connectivity index (χ4v) is 3.34. The topological polar surface area (TPSA) is 62.5 Å². The first-order valence-electron chi connectivity index (χ1n) is 6.91. The van der Waals surface area contributed by atoms with Crippen LogP contribution in [0.25, 0.3) is 0 Å². The summed E-state index contributed by atoms with van der Waals surface area (Å²) in [4.78, 5) is 20.4. The molecule has 1 saturated carbocycles. The van der Waals surface area contributed by atoms with E-state index >= 15 is 0 Å². The van der Waals surface area contributed by atoms with Gasteiger partial charge in [-0.25, -0.2) is 4.98 Å². The Morgan fingerprint density at radius 3 is 2.68 bits per heavy atom. The summed E-state index contributed by atoms with van der Waals surface area (Å²) in [5.74, 6) is 0.641. The molecule has 0 aromatic carbocycles. The zero-order chi connectivity index (χ0) is 13.6. The zero-order valence-corrected chi connectivity index (χ0v) is 11.5. The molecule has 0 spiro atoms. The number of nitrogens with zero attached hydrogens (tertiary/aromatic N) is 3. The number of anilines is 3. The van der Waals surface area contributed by atoms with Gasteiger partial charge in [-0.1, -0.05) is 12.8 Å². The van der Waals surface area contributed by atoms with Gasteiger partial charge in [-0.05, 0) is 19.8 Å². The summed E-state index contributed by atoms with van der Waals surface area (Å²) in [6.07, 6.45) is 6.50. The van der Waals surface area contributed by atoms with Crippen LogP contribution in [0.2, 0.25) is 0 Å². The van der Waals surface area contributed by atoms with E-state index in [1.165, 1.54) is 12.8 Å². The van der Waals surface area contributed by atoms with E-state index in [-0.39, 0.29) is 11.9 Å².